The molecule has 2 unspecified atom stereocenters. The van der Waals surface area contributed by atoms with Crippen molar-refractivity contribution in [1.29, 1.82) is 0 Å². The molecule has 0 heterocycles. The Kier molecular flexibility index (Phi) is 5.35. The predicted molar refractivity (Wildman–Crippen MR) is 79.2 cm³/mol. The van der Waals surface area contributed by atoms with Gasteiger partial charge in [-0.25, -0.2) is 4.39 Å². The minimum Gasteiger partial charge on any atom is -0.384 e. The van der Waals surface area contributed by atoms with E-state index in [0.717, 1.165) is 18.8 Å². The van der Waals surface area contributed by atoms with Crippen LogP contribution in [0.15, 0.2) is 18.2 Å². The second-order valence-electron chi connectivity index (χ2n) is 5.65. The molecule has 0 spiro atoms. The highest BCUT2D eigenvalue weighted by Gasteiger charge is 2.21. The first-order valence-corrected chi connectivity index (χ1v) is 7.27. The van der Waals surface area contributed by atoms with Gasteiger partial charge in [-0.1, -0.05) is 25.2 Å². The summed E-state index contributed by atoms with van der Waals surface area (Å²) in [5.41, 5.74) is 0.485. The van der Waals surface area contributed by atoms with E-state index in [4.69, 9.17) is 5.11 Å². The molecule has 0 saturated heterocycles. The molecule has 1 saturated carbocycles. The lowest BCUT2D eigenvalue weighted by molar-refractivity contribution is 0.0946. The number of nitrogens with one attached hydrogen (secondary N) is 1. The number of hydrogen-bond donors (Lipinski definition) is 2. The summed E-state index contributed by atoms with van der Waals surface area (Å²) in [5, 5.41) is 11.5. The molecule has 4 heteroatoms. The summed E-state index contributed by atoms with van der Waals surface area (Å²) in [6.07, 6.45) is 3.50. The zero-order chi connectivity index (χ0) is 15.2. The lowest BCUT2D eigenvalue weighted by Gasteiger charge is -2.11. The van der Waals surface area contributed by atoms with E-state index < -0.39 is 5.82 Å². The summed E-state index contributed by atoms with van der Waals surface area (Å²) < 4.78 is 13.8. The van der Waals surface area contributed by atoms with Crippen LogP contribution in [0.2, 0.25) is 0 Å². The van der Waals surface area contributed by atoms with Crippen molar-refractivity contribution in [2.24, 2.45) is 11.8 Å². The van der Waals surface area contributed by atoms with Crippen molar-refractivity contribution in [2.45, 2.75) is 26.2 Å². The SMILES string of the molecule is CC1CCC(CNC(=O)c2ccc(C#CCO)c(F)c2)C1. The predicted octanol–water partition coefficient (Wildman–Crippen LogP) is 2.34. The molecule has 21 heavy (non-hydrogen) atoms. The highest BCUT2D eigenvalue weighted by atomic mass is 19.1. The number of carbonyl (C=O) groups is 1. The number of aliphatic hydroxyl groups is 1. The molecule has 0 bridgehead atoms. The van der Waals surface area contributed by atoms with Crippen LogP contribution < -0.4 is 5.32 Å². The van der Waals surface area contributed by atoms with Crippen molar-refractivity contribution >= 4 is 5.91 Å². The molecule has 2 atom stereocenters. The highest BCUT2D eigenvalue weighted by molar-refractivity contribution is 5.94. The van der Waals surface area contributed by atoms with E-state index in [-0.39, 0.29) is 18.1 Å². The van der Waals surface area contributed by atoms with Crippen molar-refractivity contribution < 1.29 is 14.3 Å². The normalized spacial score (nSPS) is 20.7. The van der Waals surface area contributed by atoms with Crippen LogP contribution in [0.4, 0.5) is 4.39 Å². The van der Waals surface area contributed by atoms with Gasteiger partial charge in [0.2, 0.25) is 0 Å². The van der Waals surface area contributed by atoms with Gasteiger partial charge in [-0.15, -0.1) is 0 Å². The second kappa shape index (κ2) is 7.24. The maximum atomic E-state index is 13.8. The molecule has 3 nitrogen and oxygen atoms in total. The molecule has 2 N–H and O–H groups in total. The van der Waals surface area contributed by atoms with Gasteiger partial charge in [-0.3, -0.25) is 4.79 Å². The van der Waals surface area contributed by atoms with Crippen molar-refractivity contribution in [1.82, 2.24) is 5.32 Å². The molecular weight excluding hydrogens is 269 g/mol. The first-order valence-electron chi connectivity index (χ1n) is 7.27. The Morgan fingerprint density at radius 2 is 2.29 bits per heavy atom. The molecule has 0 aromatic heterocycles. The summed E-state index contributed by atoms with van der Waals surface area (Å²) in [5.74, 6) is 5.35. The molecule has 0 radical (unpaired) electrons. The summed E-state index contributed by atoms with van der Waals surface area (Å²) in [7, 11) is 0. The topological polar surface area (TPSA) is 49.3 Å². The quantitative estimate of drug-likeness (QED) is 0.839. The van der Waals surface area contributed by atoms with Crippen molar-refractivity contribution in [3.8, 4) is 11.8 Å². The maximum Gasteiger partial charge on any atom is 0.251 e. The molecule has 1 aliphatic rings. The largest absolute Gasteiger partial charge is 0.384 e. The fourth-order valence-electron chi connectivity index (χ4n) is 2.74. The molecule has 0 aliphatic heterocycles. The average molecular weight is 289 g/mol. The van der Waals surface area contributed by atoms with Gasteiger partial charge >= 0.3 is 0 Å². The van der Waals surface area contributed by atoms with E-state index in [1.807, 2.05) is 0 Å². The third kappa shape index (κ3) is 4.30. The van der Waals surface area contributed by atoms with Crippen LogP contribution in [0.25, 0.3) is 0 Å². The Bertz CT molecular complexity index is 574. The molecule has 1 amide bonds. The van der Waals surface area contributed by atoms with Gasteiger partial charge in [0.15, 0.2) is 0 Å². The van der Waals surface area contributed by atoms with Gasteiger partial charge in [0.05, 0.1) is 5.56 Å². The molecule has 1 aliphatic carbocycles. The van der Waals surface area contributed by atoms with E-state index in [1.165, 1.54) is 18.6 Å². The first kappa shape index (κ1) is 15.5. The molecule has 1 fully saturated rings. The van der Waals surface area contributed by atoms with Gasteiger partial charge in [-0.05, 0) is 42.9 Å². The monoisotopic (exact) mass is 289 g/mol. The number of carbonyl (C=O) groups excluding carboxylic acids is 1. The average Bonchev–Trinajstić information content (AvgIpc) is 2.89. The summed E-state index contributed by atoms with van der Waals surface area (Å²) in [4.78, 5) is 12.0. The maximum absolute atomic E-state index is 13.8. The fraction of sp³-hybridized carbons (Fsp3) is 0.471. The van der Waals surface area contributed by atoms with Crippen LogP contribution >= 0.6 is 0 Å². The summed E-state index contributed by atoms with van der Waals surface area (Å²) in [6, 6.07) is 4.20. The van der Waals surface area contributed by atoms with Crippen molar-refractivity contribution in [3.05, 3.63) is 35.1 Å². The van der Waals surface area contributed by atoms with Gasteiger partial charge in [-0.2, -0.15) is 0 Å². The van der Waals surface area contributed by atoms with Gasteiger partial charge in [0.25, 0.3) is 5.91 Å². The van der Waals surface area contributed by atoms with Crippen LogP contribution in [0.1, 0.15) is 42.1 Å². The van der Waals surface area contributed by atoms with E-state index in [9.17, 15) is 9.18 Å². The Balaban J connectivity index is 1.94. The minimum absolute atomic E-state index is 0.185. The van der Waals surface area contributed by atoms with Crippen molar-refractivity contribution in [3.63, 3.8) is 0 Å². The number of hydrogen-bond acceptors (Lipinski definition) is 2. The van der Waals surface area contributed by atoms with Crippen LogP contribution in [0.3, 0.4) is 0 Å². The first-order chi connectivity index (χ1) is 10.1. The molecule has 1 aromatic rings. The standard InChI is InChI=1S/C17H20FNO2/c1-12-4-5-13(9-12)11-19-17(21)15-7-6-14(3-2-8-20)16(18)10-15/h6-7,10,12-13,20H,4-5,8-9,11H2,1H3,(H,19,21). The minimum atomic E-state index is -0.543. The number of amides is 1. The zero-order valence-electron chi connectivity index (χ0n) is 12.2. The molecule has 2 rings (SSSR count). The van der Waals surface area contributed by atoms with Crippen LogP contribution in [-0.2, 0) is 0 Å². The van der Waals surface area contributed by atoms with E-state index in [2.05, 4.69) is 24.1 Å². The fourth-order valence-corrected chi connectivity index (χ4v) is 2.74. The Hall–Kier alpha value is -1.86. The van der Waals surface area contributed by atoms with Crippen molar-refractivity contribution in [2.75, 3.05) is 13.2 Å². The third-order valence-corrected chi connectivity index (χ3v) is 3.89. The number of rotatable bonds is 3. The molecule has 1 aromatic carbocycles. The van der Waals surface area contributed by atoms with Gasteiger partial charge in [0, 0.05) is 12.1 Å². The number of halogens is 1. The van der Waals surface area contributed by atoms with Crippen LogP contribution in [-0.4, -0.2) is 24.2 Å². The Morgan fingerprint density at radius 3 is 2.90 bits per heavy atom. The lowest BCUT2D eigenvalue weighted by Crippen LogP contribution is -2.28. The Morgan fingerprint density at radius 1 is 1.48 bits per heavy atom. The van der Waals surface area contributed by atoms with E-state index in [0.29, 0.717) is 18.0 Å². The smallest absolute Gasteiger partial charge is 0.251 e. The van der Waals surface area contributed by atoms with Gasteiger partial charge in [0.1, 0.15) is 12.4 Å². The summed E-state index contributed by atoms with van der Waals surface area (Å²) >= 11 is 0. The molecule has 112 valence electrons. The summed E-state index contributed by atoms with van der Waals surface area (Å²) in [6.45, 7) is 2.56. The van der Waals surface area contributed by atoms with E-state index in [1.54, 1.807) is 6.07 Å². The Labute approximate surface area is 124 Å². The van der Waals surface area contributed by atoms with Gasteiger partial charge < -0.3 is 10.4 Å². The zero-order valence-corrected chi connectivity index (χ0v) is 12.2. The molecular formula is C17H20FNO2. The lowest BCUT2D eigenvalue weighted by atomic mass is 10.1. The number of benzene rings is 1. The van der Waals surface area contributed by atoms with Crippen LogP contribution in [0, 0.1) is 29.5 Å². The number of aliphatic hydroxyl groups excluding tert-OH is 1. The second-order valence-corrected chi connectivity index (χ2v) is 5.65. The van der Waals surface area contributed by atoms with E-state index >= 15 is 0 Å². The third-order valence-electron chi connectivity index (χ3n) is 3.89. The highest BCUT2D eigenvalue weighted by Crippen LogP contribution is 2.29. The van der Waals surface area contributed by atoms with Crippen LogP contribution in [0.5, 0.6) is 0 Å².